The van der Waals surface area contributed by atoms with E-state index >= 15 is 0 Å². The molecule has 3 N–H and O–H groups in total. The van der Waals surface area contributed by atoms with Crippen LogP contribution in [0.5, 0.6) is 5.75 Å². The van der Waals surface area contributed by atoms with Crippen LogP contribution in [-0.2, 0) is 10.1 Å². The summed E-state index contributed by atoms with van der Waals surface area (Å²) in [5, 5.41) is 0. The Morgan fingerprint density at radius 3 is 2.18 bits per heavy atom. The number of anilines is 1. The molecule has 1 aromatic rings. The largest absolute Gasteiger partial charge is 0.491 e. The second-order valence-electron chi connectivity index (χ2n) is 5.50. The zero-order valence-corrected chi connectivity index (χ0v) is 14.1. The minimum absolute atomic E-state index is 0.217. The van der Waals surface area contributed by atoms with Crippen molar-refractivity contribution in [2.24, 2.45) is 0 Å². The Labute approximate surface area is 133 Å². The lowest BCUT2D eigenvalue weighted by atomic mass is 10.1. The molecular weight excluding hydrogens is 302 g/mol. The molecule has 6 heteroatoms. The Morgan fingerprint density at radius 1 is 1.05 bits per heavy atom. The topological polar surface area (TPSA) is 89.6 Å². The maximum absolute atomic E-state index is 11.0. The van der Waals surface area contributed by atoms with Crippen LogP contribution in [0.4, 0.5) is 5.69 Å². The quantitative estimate of drug-likeness (QED) is 0.363. The van der Waals surface area contributed by atoms with Gasteiger partial charge in [0, 0.05) is 0 Å². The summed E-state index contributed by atoms with van der Waals surface area (Å²) < 4.78 is 36.4. The molecular formula is C16H27NO4S. The molecule has 0 aliphatic heterocycles. The second kappa shape index (κ2) is 9.69. The smallest absolute Gasteiger partial charge is 0.294 e. The summed E-state index contributed by atoms with van der Waals surface area (Å²) in [6, 6.07) is 3.97. The first-order chi connectivity index (χ1) is 10.4. The van der Waals surface area contributed by atoms with Crippen LogP contribution in [0.15, 0.2) is 23.1 Å². The molecule has 0 bridgehead atoms. The van der Waals surface area contributed by atoms with E-state index in [0.717, 1.165) is 12.8 Å². The third-order valence-electron chi connectivity index (χ3n) is 3.53. The van der Waals surface area contributed by atoms with E-state index in [9.17, 15) is 8.42 Å². The summed E-state index contributed by atoms with van der Waals surface area (Å²) in [5.74, 6) is 0.454. The fourth-order valence-electron chi connectivity index (χ4n) is 2.24. The fourth-order valence-corrected chi connectivity index (χ4v) is 2.75. The van der Waals surface area contributed by atoms with Gasteiger partial charge in [-0.2, -0.15) is 8.42 Å². The second-order valence-corrected chi connectivity index (χ2v) is 6.92. The summed E-state index contributed by atoms with van der Waals surface area (Å²) in [5.41, 5.74) is 5.94. The van der Waals surface area contributed by atoms with Crippen LogP contribution >= 0.6 is 0 Å². The highest BCUT2D eigenvalue weighted by Gasteiger charge is 2.11. The Morgan fingerprint density at radius 2 is 1.64 bits per heavy atom. The molecule has 0 saturated heterocycles. The molecule has 0 unspecified atom stereocenters. The molecule has 1 aromatic carbocycles. The van der Waals surface area contributed by atoms with Gasteiger partial charge < -0.3 is 10.5 Å². The lowest BCUT2D eigenvalue weighted by Gasteiger charge is -2.09. The van der Waals surface area contributed by atoms with Gasteiger partial charge in [-0.1, -0.05) is 51.9 Å². The molecule has 0 amide bonds. The van der Waals surface area contributed by atoms with Crippen LogP contribution in [0.1, 0.15) is 58.3 Å². The average Bonchev–Trinajstić information content (AvgIpc) is 2.46. The average molecular weight is 329 g/mol. The van der Waals surface area contributed by atoms with Crippen LogP contribution in [0.25, 0.3) is 0 Å². The third-order valence-corrected chi connectivity index (χ3v) is 4.38. The molecule has 22 heavy (non-hydrogen) atoms. The lowest BCUT2D eigenvalue weighted by molar-refractivity contribution is 0.305. The summed E-state index contributed by atoms with van der Waals surface area (Å²) in [4.78, 5) is -0.218. The van der Waals surface area contributed by atoms with Crippen LogP contribution in [0.2, 0.25) is 0 Å². The molecule has 0 aromatic heterocycles. The summed E-state index contributed by atoms with van der Waals surface area (Å²) in [7, 11) is -4.22. The van der Waals surface area contributed by atoms with Crippen molar-refractivity contribution in [3.63, 3.8) is 0 Å². The van der Waals surface area contributed by atoms with Crippen LogP contribution in [-0.4, -0.2) is 19.6 Å². The van der Waals surface area contributed by atoms with Crippen molar-refractivity contribution in [3.05, 3.63) is 18.2 Å². The van der Waals surface area contributed by atoms with Crippen molar-refractivity contribution in [1.29, 1.82) is 0 Å². The van der Waals surface area contributed by atoms with Gasteiger partial charge >= 0.3 is 0 Å². The highest BCUT2D eigenvalue weighted by Crippen LogP contribution is 2.25. The maximum atomic E-state index is 11.0. The van der Waals surface area contributed by atoms with Gasteiger partial charge in [-0.3, -0.25) is 4.55 Å². The molecule has 0 aliphatic rings. The lowest BCUT2D eigenvalue weighted by Crippen LogP contribution is -2.03. The van der Waals surface area contributed by atoms with Gasteiger partial charge in [0.25, 0.3) is 10.1 Å². The molecule has 126 valence electrons. The fraction of sp³-hybridized carbons (Fsp3) is 0.625. The number of benzene rings is 1. The zero-order valence-electron chi connectivity index (χ0n) is 13.3. The Kier molecular flexibility index (Phi) is 8.27. The number of unbranched alkanes of at least 4 members (excludes halogenated alkanes) is 7. The Balaban J connectivity index is 2.23. The number of nitrogens with two attached hydrogens (primary N) is 1. The van der Waals surface area contributed by atoms with Crippen molar-refractivity contribution in [1.82, 2.24) is 0 Å². The highest BCUT2D eigenvalue weighted by atomic mass is 32.2. The number of hydrogen-bond donors (Lipinski definition) is 2. The molecule has 1 rings (SSSR count). The molecule has 5 nitrogen and oxygen atoms in total. The third kappa shape index (κ3) is 7.13. The van der Waals surface area contributed by atoms with Gasteiger partial charge in [-0.25, -0.2) is 0 Å². The van der Waals surface area contributed by atoms with Gasteiger partial charge in [0.05, 0.1) is 17.2 Å². The van der Waals surface area contributed by atoms with E-state index in [1.54, 1.807) is 0 Å². The van der Waals surface area contributed by atoms with E-state index in [-0.39, 0.29) is 10.6 Å². The minimum Gasteiger partial charge on any atom is -0.491 e. The van der Waals surface area contributed by atoms with Crippen molar-refractivity contribution in [2.45, 2.75) is 63.2 Å². The molecule has 0 spiro atoms. The first kappa shape index (κ1) is 18.8. The van der Waals surface area contributed by atoms with Gasteiger partial charge in [0.1, 0.15) is 5.75 Å². The first-order valence-electron chi connectivity index (χ1n) is 7.95. The number of hydrogen-bond acceptors (Lipinski definition) is 4. The summed E-state index contributed by atoms with van der Waals surface area (Å²) in [6.07, 6.45) is 9.77. The predicted molar refractivity (Wildman–Crippen MR) is 88.8 cm³/mol. The molecule has 0 aliphatic carbocycles. The SMILES string of the molecule is CCCCCCCCCCOc1ccc(S(=O)(=O)O)cc1N. The van der Waals surface area contributed by atoms with Gasteiger partial charge in [-0.05, 0) is 24.6 Å². The first-order valence-corrected chi connectivity index (χ1v) is 9.39. The van der Waals surface area contributed by atoms with E-state index in [4.69, 9.17) is 15.0 Å². The van der Waals surface area contributed by atoms with Crippen LogP contribution in [0.3, 0.4) is 0 Å². The Hall–Kier alpha value is -1.27. The van der Waals surface area contributed by atoms with Crippen molar-refractivity contribution in [3.8, 4) is 5.75 Å². The maximum Gasteiger partial charge on any atom is 0.294 e. The monoisotopic (exact) mass is 329 g/mol. The number of nitrogen functional groups attached to an aromatic ring is 1. The van der Waals surface area contributed by atoms with Crippen LogP contribution < -0.4 is 10.5 Å². The summed E-state index contributed by atoms with van der Waals surface area (Å²) in [6.45, 7) is 2.77. The van der Waals surface area contributed by atoms with E-state index in [2.05, 4.69) is 6.92 Å². The number of ether oxygens (including phenoxy) is 1. The van der Waals surface area contributed by atoms with Gasteiger partial charge in [-0.15, -0.1) is 0 Å². The highest BCUT2D eigenvalue weighted by molar-refractivity contribution is 7.85. The van der Waals surface area contributed by atoms with Crippen LogP contribution in [0, 0.1) is 0 Å². The number of rotatable bonds is 11. The zero-order chi connectivity index (χ0) is 16.4. The Bertz CT molecular complexity index is 543. The molecule has 0 fully saturated rings. The van der Waals surface area contributed by atoms with Gasteiger partial charge in [0.15, 0.2) is 0 Å². The van der Waals surface area contributed by atoms with Crippen molar-refractivity contribution in [2.75, 3.05) is 12.3 Å². The van der Waals surface area contributed by atoms with E-state index in [0.29, 0.717) is 12.4 Å². The molecule has 0 atom stereocenters. The molecule has 0 radical (unpaired) electrons. The van der Waals surface area contributed by atoms with Gasteiger partial charge in [0.2, 0.25) is 0 Å². The molecule has 0 heterocycles. The van der Waals surface area contributed by atoms with E-state index in [1.165, 1.54) is 56.7 Å². The standard InChI is InChI=1S/C16H27NO4S/c1-2-3-4-5-6-7-8-9-12-21-16-11-10-14(13-15(16)17)22(18,19)20/h10-11,13H,2-9,12,17H2,1H3,(H,18,19,20). The minimum atomic E-state index is -4.22. The summed E-state index contributed by atoms with van der Waals surface area (Å²) >= 11 is 0. The van der Waals surface area contributed by atoms with E-state index in [1.807, 2.05) is 0 Å². The van der Waals surface area contributed by atoms with Crippen molar-refractivity contribution < 1.29 is 17.7 Å². The van der Waals surface area contributed by atoms with E-state index < -0.39 is 10.1 Å². The predicted octanol–water partition coefficient (Wildman–Crippen LogP) is 4.04. The normalized spacial score (nSPS) is 11.5. The molecule has 0 saturated carbocycles. The van der Waals surface area contributed by atoms with Crippen molar-refractivity contribution >= 4 is 15.8 Å².